The molecule has 0 amide bonds. The van der Waals surface area contributed by atoms with Crippen molar-refractivity contribution in [2.45, 2.75) is 71.8 Å². The predicted molar refractivity (Wildman–Crippen MR) is 159 cm³/mol. The number of esters is 2. The van der Waals surface area contributed by atoms with Gasteiger partial charge in [-0.15, -0.1) is 0 Å². The smallest absolute Gasteiger partial charge is 0.344 e. The molecule has 0 radical (unpaired) electrons. The van der Waals surface area contributed by atoms with E-state index in [0.717, 1.165) is 32.1 Å². The van der Waals surface area contributed by atoms with Crippen LogP contribution in [-0.2, 0) is 30.0 Å². The maximum atomic E-state index is 13.0. The Bertz CT molecular complexity index is 1360. The molecule has 0 heterocycles. The van der Waals surface area contributed by atoms with Gasteiger partial charge in [0.25, 0.3) is 0 Å². The van der Waals surface area contributed by atoms with Crippen LogP contribution in [0.4, 0.5) is 0 Å². The quantitative estimate of drug-likeness (QED) is 0.155. The van der Waals surface area contributed by atoms with Crippen LogP contribution in [0.3, 0.4) is 0 Å². The zero-order valence-electron chi connectivity index (χ0n) is 23.7. The van der Waals surface area contributed by atoms with Crippen molar-refractivity contribution < 1.29 is 23.8 Å². The molecule has 0 saturated heterocycles. The van der Waals surface area contributed by atoms with Gasteiger partial charge in [-0.3, -0.25) is 0 Å². The van der Waals surface area contributed by atoms with Crippen molar-refractivity contribution in [1.82, 2.24) is 0 Å². The van der Waals surface area contributed by atoms with E-state index in [4.69, 9.17) is 14.2 Å². The standard InChI is InChI=1S/C35H37O5S/c1-24(2)33(37)40-34(3)26-18-25-19-27(34)22-35(20-25,21-26)39-32(36)23-38-28-14-16-31(17-15-28)41(29-10-6-4-7-11-29)30-12-8-5-9-13-30/h4-17,25-27H,1,18-23H2,2-3H3/q+1. The van der Waals surface area contributed by atoms with Crippen LogP contribution in [0.1, 0.15) is 46.0 Å². The van der Waals surface area contributed by atoms with Crippen molar-refractivity contribution in [2.75, 3.05) is 6.61 Å². The topological polar surface area (TPSA) is 61.8 Å². The van der Waals surface area contributed by atoms with Gasteiger partial charge in [0.05, 0.1) is 10.9 Å². The van der Waals surface area contributed by atoms with Gasteiger partial charge in [0.15, 0.2) is 21.3 Å². The molecule has 4 fully saturated rings. The third-order valence-corrected chi connectivity index (χ3v) is 11.4. The van der Waals surface area contributed by atoms with E-state index in [9.17, 15) is 9.59 Å². The van der Waals surface area contributed by atoms with Crippen LogP contribution in [0, 0.1) is 17.8 Å². The van der Waals surface area contributed by atoms with E-state index in [-0.39, 0.29) is 41.3 Å². The highest BCUT2D eigenvalue weighted by Gasteiger charge is 2.63. The zero-order valence-corrected chi connectivity index (χ0v) is 24.5. The summed E-state index contributed by atoms with van der Waals surface area (Å²) < 4.78 is 18.1. The molecular formula is C35H37O5S+. The molecule has 0 spiro atoms. The number of ether oxygens (including phenoxy) is 3. The average Bonchev–Trinajstić information content (AvgIpc) is 2.96. The van der Waals surface area contributed by atoms with E-state index < -0.39 is 11.2 Å². The average molecular weight is 570 g/mol. The summed E-state index contributed by atoms with van der Waals surface area (Å²) in [4.78, 5) is 29.1. The van der Waals surface area contributed by atoms with Crippen molar-refractivity contribution in [2.24, 2.45) is 17.8 Å². The van der Waals surface area contributed by atoms with Crippen molar-refractivity contribution >= 4 is 22.8 Å². The van der Waals surface area contributed by atoms with E-state index in [1.54, 1.807) is 6.92 Å². The van der Waals surface area contributed by atoms with Gasteiger partial charge >= 0.3 is 11.9 Å². The molecule has 4 aliphatic carbocycles. The first-order chi connectivity index (χ1) is 19.7. The lowest BCUT2D eigenvalue weighted by molar-refractivity contribution is -0.243. The number of hydrogen-bond acceptors (Lipinski definition) is 5. The summed E-state index contributed by atoms with van der Waals surface area (Å²) in [6.07, 6.45) is 4.34. The van der Waals surface area contributed by atoms with Gasteiger partial charge in [-0.2, -0.15) is 0 Å². The molecule has 6 heteroatoms. The first kappa shape index (κ1) is 27.6. The third kappa shape index (κ3) is 5.54. The Morgan fingerprint density at radius 2 is 1.34 bits per heavy atom. The van der Waals surface area contributed by atoms with Crippen molar-refractivity contribution in [3.8, 4) is 5.75 Å². The van der Waals surface area contributed by atoms with Crippen LogP contribution in [-0.4, -0.2) is 29.7 Å². The summed E-state index contributed by atoms with van der Waals surface area (Å²) in [5, 5.41) is 0. The Kier molecular flexibility index (Phi) is 7.45. The van der Waals surface area contributed by atoms with Crippen molar-refractivity contribution in [3.05, 3.63) is 97.1 Å². The SMILES string of the molecule is C=C(C)C(=O)OC1(C)C2CC3CC1CC(OC(=O)COc1ccc([S+](c4ccccc4)c4ccccc4)cc1)(C3)C2. The largest absolute Gasteiger partial charge is 0.482 e. The summed E-state index contributed by atoms with van der Waals surface area (Å²) in [7, 11) is -0.240. The molecule has 0 N–H and O–H groups in total. The molecule has 2 atom stereocenters. The van der Waals surface area contributed by atoms with Gasteiger partial charge in [0.2, 0.25) is 0 Å². The van der Waals surface area contributed by atoms with Crippen LogP contribution >= 0.6 is 0 Å². The van der Waals surface area contributed by atoms with E-state index in [0.29, 0.717) is 17.2 Å². The van der Waals surface area contributed by atoms with Crippen molar-refractivity contribution in [1.29, 1.82) is 0 Å². The monoisotopic (exact) mass is 569 g/mol. The summed E-state index contributed by atoms with van der Waals surface area (Å²) >= 11 is 0. The van der Waals surface area contributed by atoms with E-state index in [1.807, 2.05) is 24.3 Å². The van der Waals surface area contributed by atoms with Crippen LogP contribution in [0.25, 0.3) is 0 Å². The van der Waals surface area contributed by atoms with Crippen LogP contribution in [0.5, 0.6) is 5.75 Å². The Labute approximate surface area is 245 Å². The number of hydrogen-bond donors (Lipinski definition) is 0. The van der Waals surface area contributed by atoms with Gasteiger partial charge in [-0.25, -0.2) is 9.59 Å². The highest BCUT2D eigenvalue weighted by Crippen LogP contribution is 2.62. The second kappa shape index (κ2) is 11.1. The van der Waals surface area contributed by atoms with Crippen molar-refractivity contribution in [3.63, 3.8) is 0 Å². The summed E-state index contributed by atoms with van der Waals surface area (Å²) in [6, 6.07) is 29.0. The summed E-state index contributed by atoms with van der Waals surface area (Å²) in [6.45, 7) is 7.36. The van der Waals surface area contributed by atoms with E-state index >= 15 is 0 Å². The van der Waals surface area contributed by atoms with E-state index in [1.165, 1.54) is 14.7 Å². The van der Waals surface area contributed by atoms with Crippen LogP contribution < -0.4 is 4.74 Å². The molecule has 4 bridgehead atoms. The molecule has 2 unspecified atom stereocenters. The number of rotatable bonds is 9. The molecule has 0 aromatic heterocycles. The summed E-state index contributed by atoms with van der Waals surface area (Å²) in [5.41, 5.74) is -0.600. The minimum absolute atomic E-state index is 0.133. The lowest BCUT2D eigenvalue weighted by Gasteiger charge is -2.62. The van der Waals surface area contributed by atoms with Gasteiger partial charge < -0.3 is 14.2 Å². The molecule has 212 valence electrons. The molecule has 7 rings (SSSR count). The molecule has 3 aromatic rings. The third-order valence-electron chi connectivity index (χ3n) is 9.12. The molecule has 5 nitrogen and oxygen atoms in total. The Balaban J connectivity index is 1.10. The van der Waals surface area contributed by atoms with Gasteiger partial charge in [0, 0.05) is 17.4 Å². The molecule has 4 aliphatic rings. The Morgan fingerprint density at radius 1 is 0.805 bits per heavy atom. The molecule has 0 aliphatic heterocycles. The Hall–Kier alpha value is -3.51. The number of carbonyl (C=O) groups excluding carboxylic acids is 2. The van der Waals surface area contributed by atoms with Gasteiger partial charge in [-0.1, -0.05) is 43.0 Å². The second-order valence-corrected chi connectivity index (χ2v) is 14.1. The zero-order chi connectivity index (χ0) is 28.6. The first-order valence-corrected chi connectivity index (χ1v) is 15.7. The minimum Gasteiger partial charge on any atom is -0.482 e. The molecule has 3 aromatic carbocycles. The van der Waals surface area contributed by atoms with Crippen LogP contribution in [0.2, 0.25) is 0 Å². The molecule has 41 heavy (non-hydrogen) atoms. The number of benzene rings is 3. The maximum Gasteiger partial charge on any atom is 0.344 e. The highest BCUT2D eigenvalue weighted by atomic mass is 32.2. The minimum atomic E-state index is -0.529. The molecular weight excluding hydrogens is 532 g/mol. The second-order valence-electron chi connectivity index (χ2n) is 12.0. The fourth-order valence-electron chi connectivity index (χ4n) is 7.30. The lowest BCUT2D eigenvalue weighted by Crippen LogP contribution is -2.64. The van der Waals surface area contributed by atoms with Crippen LogP contribution in [0.15, 0.2) is 112 Å². The summed E-state index contributed by atoms with van der Waals surface area (Å²) in [5.74, 6) is 0.825. The number of carbonyl (C=O) groups is 2. The van der Waals surface area contributed by atoms with Gasteiger partial charge in [0.1, 0.15) is 17.0 Å². The maximum absolute atomic E-state index is 13.0. The van der Waals surface area contributed by atoms with E-state index in [2.05, 4.69) is 74.2 Å². The fourth-order valence-corrected chi connectivity index (χ4v) is 9.38. The first-order valence-electron chi connectivity index (χ1n) is 14.4. The Morgan fingerprint density at radius 3 is 1.88 bits per heavy atom. The normalized spacial score (nSPS) is 27.8. The van der Waals surface area contributed by atoms with Gasteiger partial charge in [-0.05, 0) is 100 Å². The fraction of sp³-hybridized carbons (Fsp3) is 0.371. The molecule has 4 saturated carbocycles. The lowest BCUT2D eigenvalue weighted by atomic mass is 9.48. The highest BCUT2D eigenvalue weighted by molar-refractivity contribution is 7.97. The predicted octanol–water partition coefficient (Wildman–Crippen LogP) is 7.16.